The van der Waals surface area contributed by atoms with Crippen LogP contribution in [0, 0.1) is 0 Å². The van der Waals surface area contributed by atoms with E-state index < -0.39 is 0 Å². The molecule has 0 amide bonds. The molecule has 1 aliphatic carbocycles. The maximum absolute atomic E-state index is 11.8. The van der Waals surface area contributed by atoms with Crippen molar-refractivity contribution in [3.8, 4) is 0 Å². The second kappa shape index (κ2) is 5.58. The van der Waals surface area contributed by atoms with E-state index in [1.165, 1.54) is 12.2 Å². The van der Waals surface area contributed by atoms with Crippen molar-refractivity contribution < 1.29 is 0 Å². The molecule has 0 aromatic carbocycles. The van der Waals surface area contributed by atoms with Gasteiger partial charge in [0, 0.05) is 30.7 Å². The van der Waals surface area contributed by atoms with Crippen LogP contribution in [0.2, 0.25) is 0 Å². The molecule has 1 N–H and O–H groups in total. The second-order valence-corrected chi connectivity index (χ2v) is 6.00. The zero-order valence-corrected chi connectivity index (χ0v) is 11.2. The largest absolute Gasteiger partial charge is 0.363 e. The molecule has 0 aliphatic heterocycles. The van der Waals surface area contributed by atoms with Crippen LogP contribution >= 0.6 is 11.8 Å². The monoisotopic (exact) mass is 253 g/mol. The average Bonchev–Trinajstić information content (AvgIpc) is 2.73. The summed E-state index contributed by atoms with van der Waals surface area (Å²) in [5.41, 5.74) is -0.0425. The lowest BCUT2D eigenvalue weighted by atomic mass is 10.2. The van der Waals surface area contributed by atoms with Crippen LogP contribution in [0.5, 0.6) is 0 Å². The fraction of sp³-hybridized carbons (Fsp3) is 0.667. The number of rotatable bonds is 4. The molecule has 1 saturated carbocycles. The summed E-state index contributed by atoms with van der Waals surface area (Å²) in [5.74, 6) is 1.66. The quantitative estimate of drug-likeness (QED) is 0.890. The Labute approximate surface area is 106 Å². The van der Waals surface area contributed by atoms with Gasteiger partial charge < -0.3 is 9.88 Å². The summed E-state index contributed by atoms with van der Waals surface area (Å²) in [5, 5.41) is 4.02. The average molecular weight is 253 g/mol. The third-order valence-electron chi connectivity index (χ3n) is 3.14. The van der Waals surface area contributed by atoms with Crippen molar-refractivity contribution in [2.75, 3.05) is 11.1 Å². The number of aryl methyl sites for hydroxylation is 1. The number of nitrogens with one attached hydrogen (secondary N) is 1. The molecule has 1 heterocycles. The van der Waals surface area contributed by atoms with E-state index in [9.17, 15) is 4.79 Å². The first-order valence-electron chi connectivity index (χ1n) is 6.10. The number of hydrogen-bond acceptors (Lipinski definition) is 4. The molecule has 5 heteroatoms. The summed E-state index contributed by atoms with van der Waals surface area (Å²) in [6.07, 6.45) is 6.85. The Morgan fingerprint density at radius 2 is 2.41 bits per heavy atom. The minimum absolute atomic E-state index is 0.0425. The molecule has 17 heavy (non-hydrogen) atoms. The van der Waals surface area contributed by atoms with Crippen LogP contribution in [0.1, 0.15) is 26.2 Å². The lowest BCUT2D eigenvalue weighted by molar-refractivity contribution is 0.740. The SMILES string of the molecule is CCSC1CCC(Nc2nccn(C)c2=O)C1. The van der Waals surface area contributed by atoms with E-state index in [0.29, 0.717) is 11.9 Å². The molecule has 2 unspecified atom stereocenters. The highest BCUT2D eigenvalue weighted by atomic mass is 32.2. The van der Waals surface area contributed by atoms with E-state index in [1.807, 2.05) is 11.8 Å². The molecule has 1 aliphatic rings. The highest BCUT2D eigenvalue weighted by Gasteiger charge is 2.25. The Kier molecular flexibility index (Phi) is 4.10. The summed E-state index contributed by atoms with van der Waals surface area (Å²) >= 11 is 2.02. The van der Waals surface area contributed by atoms with Crippen LogP contribution in [0.4, 0.5) is 5.82 Å². The smallest absolute Gasteiger partial charge is 0.293 e. The lowest BCUT2D eigenvalue weighted by Gasteiger charge is -2.13. The maximum Gasteiger partial charge on any atom is 0.293 e. The highest BCUT2D eigenvalue weighted by molar-refractivity contribution is 7.99. The van der Waals surface area contributed by atoms with Gasteiger partial charge in [-0.3, -0.25) is 4.79 Å². The Morgan fingerprint density at radius 3 is 3.18 bits per heavy atom. The van der Waals surface area contributed by atoms with Crippen LogP contribution in [-0.2, 0) is 7.05 Å². The first-order chi connectivity index (χ1) is 8.20. The Balaban J connectivity index is 1.98. The molecule has 2 rings (SSSR count). The van der Waals surface area contributed by atoms with Gasteiger partial charge in [0.1, 0.15) is 0 Å². The Bertz CT molecular complexity index is 432. The highest BCUT2D eigenvalue weighted by Crippen LogP contribution is 2.30. The zero-order valence-electron chi connectivity index (χ0n) is 10.3. The normalized spacial score (nSPS) is 23.9. The van der Waals surface area contributed by atoms with Gasteiger partial charge in [-0.15, -0.1) is 0 Å². The molecule has 0 saturated heterocycles. The van der Waals surface area contributed by atoms with Gasteiger partial charge in [-0.05, 0) is 25.0 Å². The van der Waals surface area contributed by atoms with Gasteiger partial charge >= 0.3 is 0 Å². The predicted molar refractivity (Wildman–Crippen MR) is 72.7 cm³/mol. The van der Waals surface area contributed by atoms with E-state index in [0.717, 1.165) is 18.1 Å². The van der Waals surface area contributed by atoms with Gasteiger partial charge in [-0.25, -0.2) is 4.98 Å². The van der Waals surface area contributed by atoms with E-state index in [1.54, 1.807) is 24.0 Å². The minimum Gasteiger partial charge on any atom is -0.363 e. The fourth-order valence-corrected chi connectivity index (χ4v) is 3.39. The van der Waals surface area contributed by atoms with Gasteiger partial charge in [-0.1, -0.05) is 6.92 Å². The van der Waals surface area contributed by atoms with Gasteiger partial charge in [0.25, 0.3) is 5.56 Å². The number of nitrogens with zero attached hydrogens (tertiary/aromatic N) is 2. The summed E-state index contributed by atoms with van der Waals surface area (Å²) in [7, 11) is 1.75. The number of aromatic nitrogens is 2. The first kappa shape index (κ1) is 12.5. The molecule has 4 nitrogen and oxygen atoms in total. The third-order valence-corrected chi connectivity index (χ3v) is 4.38. The predicted octanol–water partition coefficient (Wildman–Crippen LogP) is 1.87. The van der Waals surface area contributed by atoms with Crippen LogP contribution in [0.15, 0.2) is 17.2 Å². The minimum atomic E-state index is -0.0425. The Morgan fingerprint density at radius 1 is 1.59 bits per heavy atom. The van der Waals surface area contributed by atoms with Gasteiger partial charge in [0.05, 0.1) is 0 Å². The molecular formula is C12H19N3OS. The molecule has 0 radical (unpaired) electrons. The molecule has 94 valence electrons. The molecule has 1 aromatic rings. The summed E-state index contributed by atoms with van der Waals surface area (Å²) in [6, 6.07) is 0.404. The summed E-state index contributed by atoms with van der Waals surface area (Å²) in [6.45, 7) is 2.19. The van der Waals surface area contributed by atoms with Crippen molar-refractivity contribution in [3.05, 3.63) is 22.7 Å². The maximum atomic E-state index is 11.8. The van der Waals surface area contributed by atoms with Crippen molar-refractivity contribution in [1.82, 2.24) is 9.55 Å². The van der Waals surface area contributed by atoms with Crippen molar-refractivity contribution in [2.45, 2.75) is 37.5 Å². The number of thioether (sulfide) groups is 1. The van der Waals surface area contributed by atoms with Crippen LogP contribution in [-0.4, -0.2) is 26.6 Å². The van der Waals surface area contributed by atoms with E-state index in [4.69, 9.17) is 0 Å². The summed E-state index contributed by atoms with van der Waals surface area (Å²) < 4.78 is 1.56. The van der Waals surface area contributed by atoms with Crippen molar-refractivity contribution in [3.63, 3.8) is 0 Å². The number of anilines is 1. The van der Waals surface area contributed by atoms with Crippen molar-refractivity contribution in [2.24, 2.45) is 7.05 Å². The molecule has 1 aromatic heterocycles. The topological polar surface area (TPSA) is 46.9 Å². The number of hydrogen-bond donors (Lipinski definition) is 1. The van der Waals surface area contributed by atoms with Crippen molar-refractivity contribution in [1.29, 1.82) is 0 Å². The molecule has 0 bridgehead atoms. The van der Waals surface area contributed by atoms with Gasteiger partial charge in [0.15, 0.2) is 5.82 Å². The third kappa shape index (κ3) is 3.03. The fourth-order valence-electron chi connectivity index (χ4n) is 2.25. The molecule has 1 fully saturated rings. The molecule has 0 spiro atoms. The molecule has 2 atom stereocenters. The van der Waals surface area contributed by atoms with E-state index in [-0.39, 0.29) is 5.56 Å². The standard InChI is InChI=1S/C12H19N3OS/c1-3-17-10-5-4-9(8-10)14-11-12(16)15(2)7-6-13-11/h6-7,9-10H,3-5,8H2,1-2H3,(H,13,14). The van der Waals surface area contributed by atoms with Crippen LogP contribution < -0.4 is 10.9 Å². The Hall–Kier alpha value is -0.970. The van der Waals surface area contributed by atoms with E-state index in [2.05, 4.69) is 17.2 Å². The summed E-state index contributed by atoms with van der Waals surface area (Å²) in [4.78, 5) is 15.9. The van der Waals surface area contributed by atoms with E-state index >= 15 is 0 Å². The first-order valence-corrected chi connectivity index (χ1v) is 7.15. The van der Waals surface area contributed by atoms with Crippen molar-refractivity contribution >= 4 is 17.6 Å². The lowest BCUT2D eigenvalue weighted by Crippen LogP contribution is -2.26. The molecular weight excluding hydrogens is 234 g/mol. The van der Waals surface area contributed by atoms with Crippen LogP contribution in [0.25, 0.3) is 0 Å². The van der Waals surface area contributed by atoms with Gasteiger partial charge in [-0.2, -0.15) is 11.8 Å². The van der Waals surface area contributed by atoms with Gasteiger partial charge in [0.2, 0.25) is 0 Å². The second-order valence-electron chi connectivity index (χ2n) is 4.42. The zero-order chi connectivity index (χ0) is 12.3. The van der Waals surface area contributed by atoms with Crippen LogP contribution in [0.3, 0.4) is 0 Å².